The average Bonchev–Trinajstić information content (AvgIpc) is 2.39. The molecule has 110 valence electrons. The standard InChI is InChI=1S/C13H17NO5S/c15-12(16)7-6-11(13(17)18)8-14-20(19)9-10-4-2-1-3-5-10/h1-5,11,20H,6-9H2,(H,15,16)(H,17,18). The Balaban J connectivity index is 2.56. The van der Waals surface area contributed by atoms with Crippen molar-refractivity contribution >= 4 is 22.5 Å². The number of hydrogen-bond donors (Lipinski definition) is 3. The molecule has 2 atom stereocenters. The first-order valence-corrected chi connectivity index (χ1v) is 7.49. The third-order valence-corrected chi connectivity index (χ3v) is 3.79. The maximum atomic E-state index is 11.7. The molecule has 0 aliphatic carbocycles. The minimum absolute atomic E-state index is 0.0112. The second-order valence-corrected chi connectivity index (χ2v) is 5.59. The number of carbonyl (C=O) groups is 2. The molecule has 0 spiro atoms. The summed E-state index contributed by atoms with van der Waals surface area (Å²) in [7, 11) is -1.88. The summed E-state index contributed by atoms with van der Waals surface area (Å²) in [5.41, 5.74) is 0.870. The number of rotatable bonds is 8. The summed E-state index contributed by atoms with van der Waals surface area (Å²) in [4.78, 5) is 21.4. The van der Waals surface area contributed by atoms with E-state index < -0.39 is 28.5 Å². The molecule has 0 saturated heterocycles. The molecule has 0 bridgehead atoms. The van der Waals surface area contributed by atoms with Crippen LogP contribution >= 0.6 is 0 Å². The Bertz CT molecular complexity index is 537. The fourth-order valence-corrected chi connectivity index (χ4v) is 2.57. The van der Waals surface area contributed by atoms with Crippen molar-refractivity contribution in [3.05, 3.63) is 35.9 Å². The molecule has 0 radical (unpaired) electrons. The molecule has 0 heterocycles. The summed E-state index contributed by atoms with van der Waals surface area (Å²) in [5, 5.41) is 17.5. The van der Waals surface area contributed by atoms with Crippen LogP contribution in [0.2, 0.25) is 0 Å². The summed E-state index contributed by atoms with van der Waals surface area (Å²) >= 11 is 0. The van der Waals surface area contributed by atoms with Crippen LogP contribution in [0.15, 0.2) is 34.7 Å². The zero-order chi connectivity index (χ0) is 15.0. The lowest BCUT2D eigenvalue weighted by Gasteiger charge is -2.07. The van der Waals surface area contributed by atoms with E-state index in [1.54, 1.807) is 0 Å². The van der Waals surface area contributed by atoms with Crippen LogP contribution in [0.3, 0.4) is 0 Å². The van der Waals surface area contributed by atoms with Gasteiger partial charge in [0.25, 0.3) is 0 Å². The number of carboxylic acids is 2. The molecular formula is C13H17NO5S. The van der Waals surface area contributed by atoms with E-state index in [1.165, 1.54) is 0 Å². The van der Waals surface area contributed by atoms with Crippen molar-refractivity contribution in [2.45, 2.75) is 18.6 Å². The van der Waals surface area contributed by atoms with E-state index in [0.29, 0.717) is 0 Å². The molecule has 0 fully saturated rings. The Labute approximate surface area is 118 Å². The summed E-state index contributed by atoms with van der Waals surface area (Å²) in [6.45, 7) is -0.120. The van der Waals surface area contributed by atoms with Gasteiger partial charge in [0.15, 0.2) is 0 Å². The normalized spacial score (nSPS) is 13.8. The number of benzene rings is 1. The molecule has 6 nitrogen and oxygen atoms in total. The monoisotopic (exact) mass is 299 g/mol. The minimum atomic E-state index is -1.88. The highest BCUT2D eigenvalue weighted by atomic mass is 32.2. The lowest BCUT2D eigenvalue weighted by molar-refractivity contribution is -0.142. The van der Waals surface area contributed by atoms with Crippen molar-refractivity contribution < 1.29 is 24.0 Å². The molecule has 2 unspecified atom stereocenters. The topological polar surface area (TPSA) is 104 Å². The van der Waals surface area contributed by atoms with Crippen LogP contribution in [-0.4, -0.2) is 32.9 Å². The number of carboxylic acid groups (broad SMARTS) is 2. The molecule has 0 amide bonds. The third kappa shape index (κ3) is 6.33. The van der Waals surface area contributed by atoms with Gasteiger partial charge < -0.3 is 10.2 Å². The first-order chi connectivity index (χ1) is 9.49. The van der Waals surface area contributed by atoms with E-state index in [0.717, 1.165) is 5.56 Å². The number of aliphatic carboxylic acids is 2. The zero-order valence-electron chi connectivity index (χ0n) is 10.8. The molecule has 1 aromatic carbocycles. The maximum absolute atomic E-state index is 11.7. The van der Waals surface area contributed by atoms with Crippen molar-refractivity contribution in [1.29, 1.82) is 0 Å². The van der Waals surface area contributed by atoms with Gasteiger partial charge in [-0.3, -0.25) is 13.8 Å². The van der Waals surface area contributed by atoms with Gasteiger partial charge in [-0.2, -0.15) is 0 Å². The van der Waals surface area contributed by atoms with Crippen LogP contribution in [0.4, 0.5) is 0 Å². The van der Waals surface area contributed by atoms with Crippen LogP contribution in [-0.2, 0) is 25.9 Å². The molecule has 0 aliphatic rings. The van der Waals surface area contributed by atoms with Crippen LogP contribution in [0.5, 0.6) is 0 Å². The molecular weight excluding hydrogens is 282 g/mol. The van der Waals surface area contributed by atoms with Crippen molar-refractivity contribution in [2.75, 3.05) is 6.54 Å². The van der Waals surface area contributed by atoms with Crippen molar-refractivity contribution in [1.82, 2.24) is 0 Å². The van der Waals surface area contributed by atoms with Gasteiger partial charge in [0.2, 0.25) is 0 Å². The van der Waals surface area contributed by atoms with Crippen LogP contribution in [0, 0.1) is 5.92 Å². The highest BCUT2D eigenvalue weighted by Gasteiger charge is 2.18. The van der Waals surface area contributed by atoms with Gasteiger partial charge in [-0.05, 0) is 12.0 Å². The number of thiol groups is 1. The Kier molecular flexibility index (Phi) is 6.72. The first-order valence-electron chi connectivity index (χ1n) is 6.09. The lowest BCUT2D eigenvalue weighted by atomic mass is 10.0. The Morgan fingerprint density at radius 3 is 2.40 bits per heavy atom. The summed E-state index contributed by atoms with van der Waals surface area (Å²) in [6.07, 6.45) is -0.245. The SMILES string of the molecule is O=C(O)CCC(C/N=[SH](=O)\Cc1ccccc1)C(=O)O. The average molecular weight is 299 g/mol. The summed E-state index contributed by atoms with van der Waals surface area (Å²) in [6, 6.07) is 9.14. The molecule has 1 rings (SSSR count). The summed E-state index contributed by atoms with van der Waals surface area (Å²) < 4.78 is 15.6. The predicted octanol–water partition coefficient (Wildman–Crippen LogP) is 1.42. The molecule has 7 heteroatoms. The van der Waals surface area contributed by atoms with Gasteiger partial charge in [-0.1, -0.05) is 30.3 Å². The smallest absolute Gasteiger partial charge is 0.308 e. The predicted molar refractivity (Wildman–Crippen MR) is 75.0 cm³/mol. The molecule has 0 aromatic heterocycles. The van der Waals surface area contributed by atoms with Crippen LogP contribution in [0.1, 0.15) is 18.4 Å². The Morgan fingerprint density at radius 2 is 1.85 bits per heavy atom. The number of nitrogens with zero attached hydrogens (tertiary/aromatic N) is 1. The van der Waals surface area contributed by atoms with Crippen molar-refractivity contribution in [3.63, 3.8) is 0 Å². The highest BCUT2D eigenvalue weighted by Crippen LogP contribution is 2.09. The second-order valence-electron chi connectivity index (χ2n) is 4.29. The van der Waals surface area contributed by atoms with E-state index in [1.807, 2.05) is 30.3 Å². The van der Waals surface area contributed by atoms with Gasteiger partial charge >= 0.3 is 11.9 Å². The number of hydrogen-bond acceptors (Lipinski definition) is 4. The molecule has 0 saturated carbocycles. The Morgan fingerprint density at radius 1 is 1.20 bits per heavy atom. The van der Waals surface area contributed by atoms with Crippen LogP contribution in [0.25, 0.3) is 0 Å². The fourth-order valence-electron chi connectivity index (χ4n) is 1.57. The minimum Gasteiger partial charge on any atom is -0.481 e. The van der Waals surface area contributed by atoms with E-state index in [2.05, 4.69) is 4.36 Å². The highest BCUT2D eigenvalue weighted by molar-refractivity contribution is 7.74. The van der Waals surface area contributed by atoms with Gasteiger partial charge in [0, 0.05) is 17.0 Å². The van der Waals surface area contributed by atoms with Crippen molar-refractivity contribution in [3.8, 4) is 0 Å². The largest absolute Gasteiger partial charge is 0.481 e. The van der Waals surface area contributed by atoms with E-state index in [9.17, 15) is 13.8 Å². The van der Waals surface area contributed by atoms with E-state index in [4.69, 9.17) is 10.2 Å². The van der Waals surface area contributed by atoms with Crippen LogP contribution < -0.4 is 0 Å². The zero-order valence-corrected chi connectivity index (χ0v) is 11.7. The molecule has 20 heavy (non-hydrogen) atoms. The van der Waals surface area contributed by atoms with E-state index in [-0.39, 0.29) is 25.1 Å². The second kappa shape index (κ2) is 8.31. The van der Waals surface area contributed by atoms with Gasteiger partial charge in [0.1, 0.15) is 0 Å². The molecule has 2 N–H and O–H groups in total. The fraction of sp³-hybridized carbons (Fsp3) is 0.385. The quantitative estimate of drug-likeness (QED) is 0.630. The first kappa shape index (κ1) is 16.2. The van der Waals surface area contributed by atoms with E-state index >= 15 is 0 Å². The summed E-state index contributed by atoms with van der Waals surface area (Å²) in [5.74, 6) is -2.80. The third-order valence-electron chi connectivity index (χ3n) is 2.68. The van der Waals surface area contributed by atoms with Gasteiger partial charge in [0.05, 0.1) is 18.2 Å². The Hall–Kier alpha value is -1.89. The maximum Gasteiger partial charge on any atom is 0.308 e. The molecule has 1 aromatic rings. The van der Waals surface area contributed by atoms with Gasteiger partial charge in [-0.15, -0.1) is 0 Å². The van der Waals surface area contributed by atoms with Gasteiger partial charge in [-0.25, -0.2) is 4.36 Å². The lowest BCUT2D eigenvalue weighted by Crippen LogP contribution is -2.18. The van der Waals surface area contributed by atoms with Crippen molar-refractivity contribution in [2.24, 2.45) is 10.3 Å². The molecule has 0 aliphatic heterocycles.